The molecule has 0 bridgehead atoms. The minimum atomic E-state index is -0.937. The van der Waals surface area contributed by atoms with Gasteiger partial charge in [0.1, 0.15) is 0 Å². The van der Waals surface area contributed by atoms with Gasteiger partial charge in [-0.2, -0.15) is 0 Å². The van der Waals surface area contributed by atoms with E-state index in [1.165, 1.54) is 19.2 Å². The Balaban J connectivity index is 2.10. The number of amides is 5. The molecule has 1 aliphatic rings. The summed E-state index contributed by atoms with van der Waals surface area (Å²) in [6.07, 6.45) is 0. The Labute approximate surface area is 113 Å². The van der Waals surface area contributed by atoms with Crippen molar-refractivity contribution in [3.05, 3.63) is 29.3 Å². The zero-order valence-corrected chi connectivity index (χ0v) is 10.6. The molecule has 1 aliphatic heterocycles. The Morgan fingerprint density at radius 1 is 1.20 bits per heavy atom. The third-order valence-electron chi connectivity index (χ3n) is 2.81. The molecule has 2 rings (SSSR count). The molecule has 5 amide bonds. The summed E-state index contributed by atoms with van der Waals surface area (Å²) in [5.41, 5.74) is 5.88. The Hall–Kier alpha value is -2.90. The second-order valence-corrected chi connectivity index (χ2v) is 4.20. The summed E-state index contributed by atoms with van der Waals surface area (Å²) in [6.45, 7) is -0.181. The predicted octanol–water partition coefficient (Wildman–Crippen LogP) is -0.481. The molecule has 4 N–H and O–H groups in total. The van der Waals surface area contributed by atoms with E-state index in [0.717, 1.165) is 4.90 Å². The van der Waals surface area contributed by atoms with Gasteiger partial charge in [-0.25, -0.2) is 4.79 Å². The lowest BCUT2D eigenvalue weighted by atomic mass is 10.1. The standard InChI is InChI=1S/C12H12N4O4/c1-16-10(18)7-3-2-6(4-8(7)11(16)19)14-5-9(17)15-12(13)20/h2-4,14H,5H2,1H3,(H3,13,15,17,20). The quantitative estimate of drug-likeness (QED) is 0.644. The SMILES string of the molecule is CN1C(=O)c2ccc(NCC(=O)NC(N)=O)cc2C1=O. The number of nitrogens with zero attached hydrogens (tertiary/aromatic N) is 1. The first kappa shape index (κ1) is 13.5. The van der Waals surface area contributed by atoms with Crippen LogP contribution in [0.25, 0.3) is 0 Å². The number of imide groups is 2. The molecule has 8 nitrogen and oxygen atoms in total. The summed E-state index contributed by atoms with van der Waals surface area (Å²) in [7, 11) is 1.40. The van der Waals surface area contributed by atoms with Crippen LogP contribution in [0.2, 0.25) is 0 Å². The molecule has 1 aromatic rings. The Morgan fingerprint density at radius 2 is 1.85 bits per heavy atom. The van der Waals surface area contributed by atoms with Crippen LogP contribution in [0.3, 0.4) is 0 Å². The monoisotopic (exact) mass is 276 g/mol. The number of hydrogen-bond acceptors (Lipinski definition) is 5. The topological polar surface area (TPSA) is 122 Å². The predicted molar refractivity (Wildman–Crippen MR) is 69.1 cm³/mol. The fraction of sp³-hybridized carbons (Fsp3) is 0.167. The van der Waals surface area contributed by atoms with E-state index in [2.05, 4.69) is 5.32 Å². The van der Waals surface area contributed by atoms with Crippen LogP contribution < -0.4 is 16.4 Å². The number of primary amides is 1. The zero-order valence-electron chi connectivity index (χ0n) is 10.6. The number of carbonyl (C=O) groups is 4. The highest BCUT2D eigenvalue weighted by atomic mass is 16.2. The number of nitrogens with one attached hydrogen (secondary N) is 2. The van der Waals surface area contributed by atoms with Crippen molar-refractivity contribution in [3.63, 3.8) is 0 Å². The van der Waals surface area contributed by atoms with E-state index in [-0.39, 0.29) is 18.0 Å². The number of fused-ring (bicyclic) bond motifs is 1. The highest BCUT2D eigenvalue weighted by molar-refractivity contribution is 6.21. The van der Waals surface area contributed by atoms with Gasteiger partial charge in [0.15, 0.2) is 0 Å². The third kappa shape index (κ3) is 2.44. The van der Waals surface area contributed by atoms with Crippen LogP contribution in [-0.2, 0) is 4.79 Å². The summed E-state index contributed by atoms with van der Waals surface area (Å²) < 4.78 is 0. The van der Waals surface area contributed by atoms with Crippen molar-refractivity contribution in [1.29, 1.82) is 0 Å². The molecule has 1 aromatic carbocycles. The highest BCUT2D eigenvalue weighted by Crippen LogP contribution is 2.24. The van der Waals surface area contributed by atoms with Crippen LogP contribution in [0.15, 0.2) is 18.2 Å². The van der Waals surface area contributed by atoms with E-state index in [4.69, 9.17) is 5.73 Å². The molecule has 0 radical (unpaired) electrons. The van der Waals surface area contributed by atoms with Gasteiger partial charge in [-0.3, -0.25) is 24.6 Å². The van der Waals surface area contributed by atoms with E-state index < -0.39 is 17.8 Å². The minimum Gasteiger partial charge on any atom is -0.376 e. The van der Waals surface area contributed by atoms with Gasteiger partial charge in [0.05, 0.1) is 17.7 Å². The maximum absolute atomic E-state index is 11.8. The first-order chi connectivity index (χ1) is 9.40. The summed E-state index contributed by atoms with van der Waals surface area (Å²) in [5.74, 6) is -1.35. The molecule has 0 fully saturated rings. The maximum atomic E-state index is 11.8. The van der Waals surface area contributed by atoms with Crippen LogP contribution >= 0.6 is 0 Å². The molecule has 8 heteroatoms. The number of carbonyl (C=O) groups excluding carboxylic acids is 4. The third-order valence-corrected chi connectivity index (χ3v) is 2.81. The molecule has 0 unspecified atom stereocenters. The number of anilines is 1. The molecule has 20 heavy (non-hydrogen) atoms. The Bertz CT molecular complexity index is 626. The summed E-state index contributed by atoms with van der Waals surface area (Å²) >= 11 is 0. The largest absolute Gasteiger partial charge is 0.376 e. The van der Waals surface area contributed by atoms with Crippen LogP contribution in [0, 0.1) is 0 Å². The summed E-state index contributed by atoms with van der Waals surface area (Å²) in [4.78, 5) is 46.2. The molecule has 0 atom stereocenters. The number of hydrogen-bond donors (Lipinski definition) is 3. The Kier molecular flexibility index (Phi) is 3.38. The van der Waals surface area contributed by atoms with Crippen molar-refractivity contribution in [2.45, 2.75) is 0 Å². The zero-order chi connectivity index (χ0) is 14.9. The van der Waals surface area contributed by atoms with Crippen molar-refractivity contribution in [1.82, 2.24) is 10.2 Å². The van der Waals surface area contributed by atoms with E-state index in [0.29, 0.717) is 11.3 Å². The molecule has 0 saturated carbocycles. The van der Waals surface area contributed by atoms with Gasteiger partial charge in [-0.15, -0.1) is 0 Å². The van der Waals surface area contributed by atoms with Crippen molar-refractivity contribution in [2.24, 2.45) is 5.73 Å². The summed E-state index contributed by atoms with van der Waals surface area (Å²) in [5, 5.41) is 4.62. The van der Waals surface area contributed by atoms with E-state index in [1.807, 2.05) is 5.32 Å². The van der Waals surface area contributed by atoms with Gasteiger partial charge in [-0.05, 0) is 18.2 Å². The molecule has 1 heterocycles. The second-order valence-electron chi connectivity index (χ2n) is 4.20. The van der Waals surface area contributed by atoms with Crippen LogP contribution in [0.1, 0.15) is 20.7 Å². The highest BCUT2D eigenvalue weighted by Gasteiger charge is 2.32. The van der Waals surface area contributed by atoms with Gasteiger partial charge in [-0.1, -0.05) is 0 Å². The van der Waals surface area contributed by atoms with Crippen LogP contribution in [-0.4, -0.2) is 42.2 Å². The van der Waals surface area contributed by atoms with Crippen molar-refractivity contribution >= 4 is 29.4 Å². The molecule has 104 valence electrons. The van der Waals surface area contributed by atoms with Crippen molar-refractivity contribution in [3.8, 4) is 0 Å². The molecular weight excluding hydrogens is 264 g/mol. The van der Waals surface area contributed by atoms with Gasteiger partial charge < -0.3 is 11.1 Å². The minimum absolute atomic E-state index is 0.181. The number of benzene rings is 1. The number of rotatable bonds is 3. The lowest BCUT2D eigenvalue weighted by molar-refractivity contribution is -0.118. The fourth-order valence-corrected chi connectivity index (χ4v) is 1.84. The molecule has 0 saturated heterocycles. The fourth-order valence-electron chi connectivity index (χ4n) is 1.84. The first-order valence-corrected chi connectivity index (χ1v) is 5.69. The van der Waals surface area contributed by atoms with Gasteiger partial charge in [0.2, 0.25) is 5.91 Å². The average molecular weight is 276 g/mol. The Morgan fingerprint density at radius 3 is 2.50 bits per heavy atom. The molecule has 0 spiro atoms. The lowest BCUT2D eigenvalue weighted by Crippen LogP contribution is -2.38. The van der Waals surface area contributed by atoms with Gasteiger partial charge >= 0.3 is 6.03 Å². The summed E-state index contributed by atoms with van der Waals surface area (Å²) in [6, 6.07) is 3.62. The lowest BCUT2D eigenvalue weighted by Gasteiger charge is -2.06. The number of nitrogens with two attached hydrogens (primary N) is 1. The normalized spacial score (nSPS) is 13.2. The number of urea groups is 1. The van der Waals surface area contributed by atoms with Crippen molar-refractivity contribution < 1.29 is 19.2 Å². The second kappa shape index (κ2) is 5.00. The molecule has 0 aromatic heterocycles. The molecular formula is C12H12N4O4. The average Bonchev–Trinajstić information content (AvgIpc) is 2.61. The van der Waals surface area contributed by atoms with Crippen LogP contribution in [0.4, 0.5) is 10.5 Å². The smallest absolute Gasteiger partial charge is 0.318 e. The maximum Gasteiger partial charge on any atom is 0.318 e. The molecule has 0 aliphatic carbocycles. The first-order valence-electron chi connectivity index (χ1n) is 5.69. The van der Waals surface area contributed by atoms with E-state index >= 15 is 0 Å². The van der Waals surface area contributed by atoms with Crippen LogP contribution in [0.5, 0.6) is 0 Å². The van der Waals surface area contributed by atoms with E-state index in [9.17, 15) is 19.2 Å². The van der Waals surface area contributed by atoms with Gasteiger partial charge in [0, 0.05) is 12.7 Å². The van der Waals surface area contributed by atoms with Gasteiger partial charge in [0.25, 0.3) is 11.8 Å². The van der Waals surface area contributed by atoms with E-state index in [1.54, 1.807) is 6.07 Å². The van der Waals surface area contributed by atoms with Crippen molar-refractivity contribution in [2.75, 3.05) is 18.9 Å².